The number of nitrogens with zero attached hydrogens (tertiary/aromatic N) is 3. The zero-order chi connectivity index (χ0) is 13.1. The van der Waals surface area contributed by atoms with Crippen LogP contribution in [-0.2, 0) is 4.79 Å². The molecule has 0 radical (unpaired) electrons. The van der Waals surface area contributed by atoms with Crippen LogP contribution in [0.1, 0.15) is 25.7 Å². The van der Waals surface area contributed by atoms with Gasteiger partial charge in [-0.1, -0.05) is 12.8 Å². The minimum atomic E-state index is 0.144. The highest BCUT2D eigenvalue weighted by molar-refractivity contribution is 5.92. The van der Waals surface area contributed by atoms with Gasteiger partial charge in [-0.15, -0.1) is 0 Å². The zero-order valence-corrected chi connectivity index (χ0v) is 10.6. The van der Waals surface area contributed by atoms with Crippen molar-refractivity contribution in [3.8, 4) is 5.69 Å². The summed E-state index contributed by atoms with van der Waals surface area (Å²) in [6, 6.07) is 7.62. The first kappa shape index (κ1) is 11.9. The van der Waals surface area contributed by atoms with E-state index in [2.05, 4.69) is 15.4 Å². The molecule has 0 spiro atoms. The maximum absolute atomic E-state index is 12.0. The molecule has 1 saturated carbocycles. The predicted molar refractivity (Wildman–Crippen MR) is 71.9 cm³/mol. The molecule has 1 fully saturated rings. The highest BCUT2D eigenvalue weighted by Gasteiger charge is 2.22. The quantitative estimate of drug-likeness (QED) is 0.917. The van der Waals surface area contributed by atoms with E-state index in [1.54, 1.807) is 11.0 Å². The second-order valence-corrected chi connectivity index (χ2v) is 4.86. The van der Waals surface area contributed by atoms with Crippen LogP contribution < -0.4 is 5.32 Å². The lowest BCUT2D eigenvalue weighted by atomic mass is 10.1. The van der Waals surface area contributed by atoms with Gasteiger partial charge in [-0.3, -0.25) is 4.79 Å². The minimum Gasteiger partial charge on any atom is -0.326 e. The van der Waals surface area contributed by atoms with Crippen LogP contribution in [0.5, 0.6) is 0 Å². The Labute approximate surface area is 111 Å². The molecule has 1 heterocycles. The van der Waals surface area contributed by atoms with Gasteiger partial charge in [0.25, 0.3) is 0 Å². The van der Waals surface area contributed by atoms with Gasteiger partial charge >= 0.3 is 0 Å². The summed E-state index contributed by atoms with van der Waals surface area (Å²) in [6.45, 7) is 0. The van der Waals surface area contributed by atoms with Crippen molar-refractivity contribution in [2.24, 2.45) is 5.92 Å². The van der Waals surface area contributed by atoms with Crippen molar-refractivity contribution in [2.45, 2.75) is 25.7 Å². The maximum atomic E-state index is 12.0. The molecule has 1 N–H and O–H groups in total. The van der Waals surface area contributed by atoms with Crippen LogP contribution in [0.2, 0.25) is 0 Å². The molecule has 98 valence electrons. The van der Waals surface area contributed by atoms with Crippen molar-refractivity contribution in [3.05, 3.63) is 36.9 Å². The molecule has 5 nitrogen and oxygen atoms in total. The molecule has 0 saturated heterocycles. The van der Waals surface area contributed by atoms with E-state index < -0.39 is 0 Å². The van der Waals surface area contributed by atoms with Gasteiger partial charge in [0.2, 0.25) is 5.91 Å². The van der Waals surface area contributed by atoms with Crippen molar-refractivity contribution in [1.82, 2.24) is 14.8 Å². The average Bonchev–Trinajstić information content (AvgIpc) is 3.13. The molecule has 0 unspecified atom stereocenters. The van der Waals surface area contributed by atoms with Crippen LogP contribution in [0, 0.1) is 5.92 Å². The van der Waals surface area contributed by atoms with Crippen molar-refractivity contribution < 1.29 is 4.79 Å². The Morgan fingerprint density at radius 2 is 1.95 bits per heavy atom. The number of hydrogen-bond donors (Lipinski definition) is 1. The second-order valence-electron chi connectivity index (χ2n) is 4.86. The number of hydrogen-bond acceptors (Lipinski definition) is 3. The van der Waals surface area contributed by atoms with E-state index in [9.17, 15) is 4.79 Å². The Hall–Kier alpha value is -2.17. The molecule has 1 aliphatic carbocycles. The second kappa shape index (κ2) is 5.22. The molecule has 1 aromatic heterocycles. The lowest BCUT2D eigenvalue weighted by molar-refractivity contribution is -0.119. The largest absolute Gasteiger partial charge is 0.326 e. The van der Waals surface area contributed by atoms with Gasteiger partial charge < -0.3 is 5.32 Å². The molecule has 1 aliphatic rings. The molecule has 0 aliphatic heterocycles. The van der Waals surface area contributed by atoms with Crippen molar-refractivity contribution in [1.29, 1.82) is 0 Å². The molecule has 3 rings (SSSR count). The number of benzene rings is 1. The Morgan fingerprint density at radius 3 is 2.58 bits per heavy atom. The van der Waals surface area contributed by atoms with E-state index in [1.165, 1.54) is 19.2 Å². The molecule has 1 aromatic carbocycles. The van der Waals surface area contributed by atoms with E-state index in [-0.39, 0.29) is 11.8 Å². The molecular formula is C14H16N4O. The Bertz CT molecular complexity index is 541. The van der Waals surface area contributed by atoms with Crippen LogP contribution in [0.4, 0.5) is 5.69 Å². The topological polar surface area (TPSA) is 59.8 Å². The Balaban J connectivity index is 1.67. The van der Waals surface area contributed by atoms with Gasteiger partial charge in [-0.2, -0.15) is 5.10 Å². The predicted octanol–water partition coefficient (Wildman–Crippen LogP) is 2.40. The van der Waals surface area contributed by atoms with Crippen LogP contribution >= 0.6 is 0 Å². The maximum Gasteiger partial charge on any atom is 0.227 e. The van der Waals surface area contributed by atoms with Gasteiger partial charge in [0.1, 0.15) is 12.7 Å². The number of aromatic nitrogens is 3. The summed E-state index contributed by atoms with van der Waals surface area (Å²) >= 11 is 0. The fourth-order valence-electron chi connectivity index (χ4n) is 2.47. The third-order valence-electron chi connectivity index (χ3n) is 3.54. The third-order valence-corrected chi connectivity index (χ3v) is 3.54. The third kappa shape index (κ3) is 2.65. The standard InChI is InChI=1S/C14H16N4O/c19-14(11-3-1-2-4-11)17-12-5-7-13(8-6-12)18-10-15-9-16-18/h5-11H,1-4H2,(H,17,19). The van der Waals surface area contributed by atoms with E-state index in [0.29, 0.717) is 0 Å². The van der Waals surface area contributed by atoms with Gasteiger partial charge in [0.15, 0.2) is 0 Å². The highest BCUT2D eigenvalue weighted by atomic mass is 16.1. The first-order valence-corrected chi connectivity index (χ1v) is 6.59. The molecule has 1 amide bonds. The number of anilines is 1. The van der Waals surface area contributed by atoms with E-state index >= 15 is 0 Å². The average molecular weight is 256 g/mol. The van der Waals surface area contributed by atoms with E-state index in [0.717, 1.165) is 24.2 Å². The van der Waals surface area contributed by atoms with Crippen molar-refractivity contribution >= 4 is 11.6 Å². The fraction of sp³-hybridized carbons (Fsp3) is 0.357. The summed E-state index contributed by atoms with van der Waals surface area (Å²) in [4.78, 5) is 15.9. The first-order chi connectivity index (χ1) is 9.33. The molecule has 0 bridgehead atoms. The number of nitrogens with one attached hydrogen (secondary N) is 1. The monoisotopic (exact) mass is 256 g/mol. The van der Waals surface area contributed by atoms with Gasteiger partial charge in [-0.05, 0) is 37.1 Å². The van der Waals surface area contributed by atoms with Gasteiger partial charge in [0, 0.05) is 11.6 Å². The SMILES string of the molecule is O=C(Nc1ccc(-n2cncn2)cc1)C1CCCC1. The summed E-state index contributed by atoms with van der Waals surface area (Å²) in [5.74, 6) is 0.334. The summed E-state index contributed by atoms with van der Waals surface area (Å²) in [7, 11) is 0. The number of amides is 1. The molecular weight excluding hydrogens is 240 g/mol. The Morgan fingerprint density at radius 1 is 1.21 bits per heavy atom. The zero-order valence-electron chi connectivity index (χ0n) is 10.6. The smallest absolute Gasteiger partial charge is 0.227 e. The van der Waals surface area contributed by atoms with Crippen molar-refractivity contribution in [3.63, 3.8) is 0 Å². The molecule has 5 heteroatoms. The number of carbonyl (C=O) groups is 1. The lowest BCUT2D eigenvalue weighted by Gasteiger charge is -2.10. The minimum absolute atomic E-state index is 0.144. The normalized spacial score (nSPS) is 15.6. The molecule has 0 atom stereocenters. The highest BCUT2D eigenvalue weighted by Crippen LogP contribution is 2.26. The van der Waals surface area contributed by atoms with Crippen LogP contribution in [0.15, 0.2) is 36.9 Å². The lowest BCUT2D eigenvalue weighted by Crippen LogP contribution is -2.20. The van der Waals surface area contributed by atoms with Gasteiger partial charge in [-0.25, -0.2) is 9.67 Å². The molecule has 2 aromatic rings. The first-order valence-electron chi connectivity index (χ1n) is 6.59. The van der Waals surface area contributed by atoms with Crippen LogP contribution in [-0.4, -0.2) is 20.7 Å². The van der Waals surface area contributed by atoms with Crippen LogP contribution in [0.3, 0.4) is 0 Å². The van der Waals surface area contributed by atoms with Crippen LogP contribution in [0.25, 0.3) is 5.69 Å². The van der Waals surface area contributed by atoms with Crippen molar-refractivity contribution in [2.75, 3.05) is 5.32 Å². The summed E-state index contributed by atoms with van der Waals surface area (Å²) in [5.41, 5.74) is 1.76. The summed E-state index contributed by atoms with van der Waals surface area (Å²) < 4.78 is 1.68. The van der Waals surface area contributed by atoms with E-state index in [4.69, 9.17) is 0 Å². The molecule has 19 heavy (non-hydrogen) atoms. The number of rotatable bonds is 3. The number of carbonyl (C=O) groups excluding carboxylic acids is 1. The summed E-state index contributed by atoms with van der Waals surface area (Å²) in [5, 5.41) is 7.03. The fourth-order valence-corrected chi connectivity index (χ4v) is 2.47. The Kier molecular flexibility index (Phi) is 3.27. The van der Waals surface area contributed by atoms with E-state index in [1.807, 2.05) is 24.3 Å². The summed E-state index contributed by atoms with van der Waals surface area (Å²) in [6.07, 6.45) is 7.51. The van der Waals surface area contributed by atoms with Gasteiger partial charge in [0.05, 0.1) is 5.69 Å².